The molecule has 1 atom stereocenters. The summed E-state index contributed by atoms with van der Waals surface area (Å²) in [6, 6.07) is 11.5. The molecule has 210 valence electrons. The fraction of sp³-hybridized carbons (Fsp3) is 0.467. The number of hydrogen-bond donors (Lipinski definition) is 1. The second kappa shape index (κ2) is 13.5. The van der Waals surface area contributed by atoms with Gasteiger partial charge in [0.05, 0.1) is 45.2 Å². The Kier molecular flexibility index (Phi) is 9.84. The number of carbonyl (C=O) groups is 2. The van der Waals surface area contributed by atoms with Gasteiger partial charge in [0, 0.05) is 31.7 Å². The fourth-order valence-electron chi connectivity index (χ4n) is 4.86. The van der Waals surface area contributed by atoms with Gasteiger partial charge in [-0.05, 0) is 55.3 Å². The average molecular weight is 539 g/mol. The molecule has 2 aromatic carbocycles. The van der Waals surface area contributed by atoms with Crippen molar-refractivity contribution in [2.75, 3.05) is 59.7 Å². The summed E-state index contributed by atoms with van der Waals surface area (Å²) in [4.78, 5) is 30.5. The zero-order chi connectivity index (χ0) is 27.8. The third kappa shape index (κ3) is 6.54. The number of ether oxygens (including phenoxy) is 4. The molecule has 0 aromatic heterocycles. The molecule has 2 heterocycles. The van der Waals surface area contributed by atoms with Gasteiger partial charge in [0.2, 0.25) is 0 Å². The second-order valence-electron chi connectivity index (χ2n) is 9.52. The molecule has 2 aromatic rings. The largest absolute Gasteiger partial charge is 0.507 e. The molecule has 9 nitrogen and oxygen atoms in total. The third-order valence-corrected chi connectivity index (χ3v) is 7.00. The van der Waals surface area contributed by atoms with Crippen LogP contribution in [0, 0.1) is 0 Å². The van der Waals surface area contributed by atoms with Gasteiger partial charge in [0.25, 0.3) is 11.7 Å². The molecule has 0 saturated carbocycles. The Hall–Kier alpha value is -3.56. The van der Waals surface area contributed by atoms with Gasteiger partial charge < -0.3 is 29.0 Å². The van der Waals surface area contributed by atoms with Crippen molar-refractivity contribution in [3.8, 4) is 17.2 Å². The van der Waals surface area contributed by atoms with E-state index in [1.54, 1.807) is 48.4 Å². The number of amides is 1. The van der Waals surface area contributed by atoms with E-state index in [9.17, 15) is 14.7 Å². The van der Waals surface area contributed by atoms with Crippen LogP contribution in [0.2, 0.25) is 0 Å². The number of morpholine rings is 1. The van der Waals surface area contributed by atoms with Gasteiger partial charge in [-0.15, -0.1) is 0 Å². The fourth-order valence-corrected chi connectivity index (χ4v) is 4.86. The zero-order valence-electron chi connectivity index (χ0n) is 23.0. The maximum absolute atomic E-state index is 13.4. The number of Topliss-reactive ketones (excluding diaryl/α,β-unsaturated/α-hetero) is 1. The maximum atomic E-state index is 13.4. The minimum absolute atomic E-state index is 0.0489. The summed E-state index contributed by atoms with van der Waals surface area (Å²) < 4.78 is 22.4. The van der Waals surface area contributed by atoms with Crippen molar-refractivity contribution in [2.45, 2.75) is 32.7 Å². The average Bonchev–Trinajstić information content (AvgIpc) is 3.22. The molecule has 0 radical (unpaired) electrons. The van der Waals surface area contributed by atoms with Crippen LogP contribution in [0.4, 0.5) is 0 Å². The highest BCUT2D eigenvalue weighted by molar-refractivity contribution is 6.46. The van der Waals surface area contributed by atoms with E-state index >= 15 is 0 Å². The van der Waals surface area contributed by atoms with E-state index in [0.717, 1.165) is 25.9 Å². The van der Waals surface area contributed by atoms with Crippen molar-refractivity contribution in [1.82, 2.24) is 9.80 Å². The van der Waals surface area contributed by atoms with Gasteiger partial charge in [0.15, 0.2) is 11.5 Å². The Morgan fingerprint density at radius 1 is 1.00 bits per heavy atom. The number of aliphatic hydroxyl groups is 1. The number of likely N-dealkylation sites (tertiary alicyclic amines) is 1. The lowest BCUT2D eigenvalue weighted by Gasteiger charge is -2.31. The summed E-state index contributed by atoms with van der Waals surface area (Å²) in [6.07, 6.45) is 1.92. The number of unbranched alkanes of at least 4 members (excludes halogenated alkanes) is 1. The summed E-state index contributed by atoms with van der Waals surface area (Å²) in [5, 5.41) is 11.4. The van der Waals surface area contributed by atoms with Gasteiger partial charge >= 0.3 is 0 Å². The molecule has 1 amide bonds. The minimum atomic E-state index is -0.781. The summed E-state index contributed by atoms with van der Waals surface area (Å²) in [7, 11) is 1.56. The number of ketones is 1. The highest BCUT2D eigenvalue weighted by Gasteiger charge is 2.46. The monoisotopic (exact) mass is 538 g/mol. The van der Waals surface area contributed by atoms with Gasteiger partial charge in [-0.2, -0.15) is 0 Å². The quantitative estimate of drug-likeness (QED) is 0.187. The lowest BCUT2D eigenvalue weighted by molar-refractivity contribution is -0.140. The molecular weight excluding hydrogens is 500 g/mol. The number of rotatable bonds is 12. The number of hydrogen-bond acceptors (Lipinski definition) is 8. The SMILES string of the molecule is CCCCOc1ccc(C2/C(=C(\O)c3ccc(OCC)cc3)C(=O)C(=O)N2CCN2CCOCC2)cc1OC. The van der Waals surface area contributed by atoms with Crippen molar-refractivity contribution in [2.24, 2.45) is 0 Å². The molecule has 2 saturated heterocycles. The molecule has 39 heavy (non-hydrogen) atoms. The first-order valence-corrected chi connectivity index (χ1v) is 13.6. The smallest absolute Gasteiger partial charge is 0.295 e. The molecule has 0 spiro atoms. The molecule has 4 rings (SSSR count). The van der Waals surface area contributed by atoms with E-state index < -0.39 is 17.7 Å². The Morgan fingerprint density at radius 3 is 2.41 bits per heavy atom. The van der Waals surface area contributed by atoms with Crippen LogP contribution in [-0.2, 0) is 14.3 Å². The highest BCUT2D eigenvalue weighted by atomic mass is 16.5. The second-order valence-corrected chi connectivity index (χ2v) is 9.52. The summed E-state index contributed by atoms with van der Waals surface area (Å²) in [5.74, 6) is 0.172. The van der Waals surface area contributed by atoms with E-state index in [1.165, 1.54) is 0 Å². The normalized spacial score (nSPS) is 19.4. The predicted octanol–water partition coefficient (Wildman–Crippen LogP) is 4.03. The van der Waals surface area contributed by atoms with Crippen LogP contribution in [0.5, 0.6) is 17.2 Å². The molecule has 2 aliphatic heterocycles. The molecule has 0 bridgehead atoms. The van der Waals surface area contributed by atoms with E-state index in [2.05, 4.69) is 11.8 Å². The summed E-state index contributed by atoms with van der Waals surface area (Å²) >= 11 is 0. The Bertz CT molecular complexity index is 1170. The van der Waals surface area contributed by atoms with Crippen molar-refractivity contribution >= 4 is 17.4 Å². The van der Waals surface area contributed by atoms with E-state index in [4.69, 9.17) is 18.9 Å². The number of aliphatic hydroxyl groups excluding tert-OH is 1. The summed E-state index contributed by atoms with van der Waals surface area (Å²) in [5.41, 5.74) is 1.14. The van der Waals surface area contributed by atoms with Crippen molar-refractivity contribution in [1.29, 1.82) is 0 Å². The van der Waals surface area contributed by atoms with Crippen LogP contribution >= 0.6 is 0 Å². The minimum Gasteiger partial charge on any atom is -0.507 e. The first kappa shape index (κ1) is 28.4. The van der Waals surface area contributed by atoms with Crippen molar-refractivity contribution < 1.29 is 33.6 Å². The van der Waals surface area contributed by atoms with E-state index in [-0.39, 0.29) is 11.3 Å². The van der Waals surface area contributed by atoms with Gasteiger partial charge in [-0.1, -0.05) is 19.4 Å². The number of benzene rings is 2. The first-order valence-electron chi connectivity index (χ1n) is 13.6. The van der Waals surface area contributed by atoms with Crippen LogP contribution in [0.3, 0.4) is 0 Å². The molecular formula is C30H38N2O7. The van der Waals surface area contributed by atoms with Crippen molar-refractivity contribution in [3.05, 3.63) is 59.2 Å². The van der Waals surface area contributed by atoms with Crippen LogP contribution in [-0.4, -0.2) is 86.3 Å². The molecule has 2 fully saturated rings. The van der Waals surface area contributed by atoms with Gasteiger partial charge in [0.1, 0.15) is 11.5 Å². The highest BCUT2D eigenvalue weighted by Crippen LogP contribution is 2.42. The van der Waals surface area contributed by atoms with Gasteiger partial charge in [-0.25, -0.2) is 0 Å². The zero-order valence-corrected chi connectivity index (χ0v) is 23.0. The Morgan fingerprint density at radius 2 is 1.74 bits per heavy atom. The Balaban J connectivity index is 1.73. The van der Waals surface area contributed by atoms with Crippen LogP contribution in [0.1, 0.15) is 43.9 Å². The first-order chi connectivity index (χ1) is 19.0. The molecule has 1 N–H and O–H groups in total. The van der Waals surface area contributed by atoms with Crippen molar-refractivity contribution in [3.63, 3.8) is 0 Å². The number of nitrogens with zero attached hydrogens (tertiary/aromatic N) is 2. The van der Waals surface area contributed by atoms with E-state index in [0.29, 0.717) is 67.9 Å². The topological polar surface area (TPSA) is 97.8 Å². The predicted molar refractivity (Wildman–Crippen MR) is 147 cm³/mol. The number of carbonyl (C=O) groups excluding carboxylic acids is 2. The standard InChI is InChI=1S/C30H38N2O7/c1-4-6-17-39-24-12-9-22(20-25(24)36-3)27-26(28(33)21-7-10-23(11-8-21)38-5-2)29(34)30(35)32(27)14-13-31-15-18-37-19-16-31/h7-12,20,27,33H,4-6,13-19H2,1-3H3/b28-26+. The molecule has 0 aliphatic carbocycles. The lowest BCUT2D eigenvalue weighted by Crippen LogP contribution is -2.42. The molecule has 9 heteroatoms. The van der Waals surface area contributed by atoms with Crippen LogP contribution < -0.4 is 14.2 Å². The molecule has 1 unspecified atom stereocenters. The third-order valence-electron chi connectivity index (χ3n) is 7.00. The van der Waals surface area contributed by atoms with Crippen LogP contribution in [0.25, 0.3) is 5.76 Å². The Labute approximate surface area is 229 Å². The van der Waals surface area contributed by atoms with Crippen LogP contribution in [0.15, 0.2) is 48.0 Å². The maximum Gasteiger partial charge on any atom is 0.295 e. The molecule has 2 aliphatic rings. The summed E-state index contributed by atoms with van der Waals surface area (Å²) in [6.45, 7) is 8.76. The lowest BCUT2D eigenvalue weighted by atomic mass is 9.95. The van der Waals surface area contributed by atoms with E-state index in [1.807, 2.05) is 13.0 Å². The van der Waals surface area contributed by atoms with Gasteiger partial charge in [-0.3, -0.25) is 14.5 Å². The number of methoxy groups -OCH3 is 1.